The van der Waals surface area contributed by atoms with E-state index in [0.717, 1.165) is 16.3 Å². The van der Waals surface area contributed by atoms with Gasteiger partial charge in [0.15, 0.2) is 0 Å². The number of thiazole rings is 1. The number of nitrogens with two attached hydrogens (primary N) is 2. The lowest BCUT2D eigenvalue weighted by Crippen LogP contribution is -2.20. The molecule has 2 aromatic rings. The summed E-state index contributed by atoms with van der Waals surface area (Å²) in [5.41, 5.74) is 13.4. The quantitative estimate of drug-likeness (QED) is 0.826. The van der Waals surface area contributed by atoms with E-state index in [-0.39, 0.29) is 6.04 Å². The van der Waals surface area contributed by atoms with Gasteiger partial charge in [-0.25, -0.2) is 4.98 Å². The third kappa shape index (κ3) is 2.23. The molecule has 1 aromatic carbocycles. The van der Waals surface area contributed by atoms with Crippen molar-refractivity contribution in [2.75, 3.05) is 6.54 Å². The molecule has 0 aliphatic rings. The van der Waals surface area contributed by atoms with E-state index >= 15 is 0 Å². The van der Waals surface area contributed by atoms with Crippen LogP contribution in [0.2, 0.25) is 0 Å². The zero-order chi connectivity index (χ0) is 10.7. The standard InChI is InChI=1S/C11H13N3S/c12-6-9(13)11-14-10(7-15-11)8-4-2-1-3-5-8/h1-5,7,9H,6,12-13H2. The Morgan fingerprint density at radius 2 is 2.00 bits per heavy atom. The molecule has 1 heterocycles. The lowest BCUT2D eigenvalue weighted by atomic mass is 10.2. The molecular weight excluding hydrogens is 206 g/mol. The van der Waals surface area contributed by atoms with Gasteiger partial charge in [-0.3, -0.25) is 0 Å². The lowest BCUT2D eigenvalue weighted by Gasteiger charge is -2.02. The molecule has 15 heavy (non-hydrogen) atoms. The Hall–Kier alpha value is -1.23. The first kappa shape index (κ1) is 10.3. The van der Waals surface area contributed by atoms with Crippen molar-refractivity contribution in [2.24, 2.45) is 11.5 Å². The minimum Gasteiger partial charge on any atom is -0.329 e. The van der Waals surface area contributed by atoms with E-state index in [1.54, 1.807) is 11.3 Å². The second kappa shape index (κ2) is 4.53. The van der Waals surface area contributed by atoms with Gasteiger partial charge < -0.3 is 11.5 Å². The first-order valence-corrected chi connectivity index (χ1v) is 5.65. The minimum absolute atomic E-state index is 0.146. The molecule has 0 fully saturated rings. The van der Waals surface area contributed by atoms with Crippen LogP contribution in [0.1, 0.15) is 11.0 Å². The molecule has 0 amide bonds. The Balaban J connectivity index is 2.28. The van der Waals surface area contributed by atoms with E-state index in [0.29, 0.717) is 6.54 Å². The van der Waals surface area contributed by atoms with Crippen molar-refractivity contribution in [2.45, 2.75) is 6.04 Å². The van der Waals surface area contributed by atoms with Crippen molar-refractivity contribution < 1.29 is 0 Å². The predicted molar refractivity (Wildman–Crippen MR) is 63.5 cm³/mol. The zero-order valence-electron chi connectivity index (χ0n) is 8.26. The van der Waals surface area contributed by atoms with E-state index in [1.807, 2.05) is 35.7 Å². The topological polar surface area (TPSA) is 64.9 Å². The maximum Gasteiger partial charge on any atom is 0.111 e. The normalized spacial score (nSPS) is 12.7. The summed E-state index contributed by atoms with van der Waals surface area (Å²) in [6.07, 6.45) is 0. The van der Waals surface area contributed by atoms with Crippen molar-refractivity contribution in [1.29, 1.82) is 0 Å². The van der Waals surface area contributed by atoms with Crippen LogP contribution in [0.4, 0.5) is 0 Å². The van der Waals surface area contributed by atoms with E-state index in [9.17, 15) is 0 Å². The SMILES string of the molecule is NCC(N)c1nc(-c2ccccc2)cs1. The molecule has 0 saturated heterocycles. The van der Waals surface area contributed by atoms with E-state index in [2.05, 4.69) is 4.98 Å². The molecule has 1 unspecified atom stereocenters. The molecule has 0 spiro atoms. The van der Waals surface area contributed by atoms with E-state index in [1.165, 1.54) is 0 Å². The van der Waals surface area contributed by atoms with Crippen molar-refractivity contribution in [1.82, 2.24) is 4.98 Å². The highest BCUT2D eigenvalue weighted by atomic mass is 32.1. The van der Waals surface area contributed by atoms with Gasteiger partial charge in [0, 0.05) is 17.5 Å². The molecule has 1 aromatic heterocycles. The van der Waals surface area contributed by atoms with Gasteiger partial charge in [0.2, 0.25) is 0 Å². The summed E-state index contributed by atoms with van der Waals surface area (Å²) < 4.78 is 0. The molecule has 0 bridgehead atoms. The molecule has 0 aliphatic carbocycles. The van der Waals surface area contributed by atoms with Gasteiger partial charge in [0.05, 0.1) is 11.7 Å². The summed E-state index contributed by atoms with van der Waals surface area (Å²) in [4.78, 5) is 4.46. The largest absolute Gasteiger partial charge is 0.329 e. The van der Waals surface area contributed by atoms with Crippen LogP contribution in [0.25, 0.3) is 11.3 Å². The smallest absolute Gasteiger partial charge is 0.111 e. The predicted octanol–water partition coefficient (Wildman–Crippen LogP) is 1.77. The highest BCUT2D eigenvalue weighted by Gasteiger charge is 2.09. The molecule has 2 rings (SSSR count). The number of benzene rings is 1. The number of rotatable bonds is 3. The average molecular weight is 219 g/mol. The average Bonchev–Trinajstić information content (AvgIpc) is 2.78. The van der Waals surface area contributed by atoms with Crippen LogP contribution in [0.3, 0.4) is 0 Å². The maximum atomic E-state index is 5.81. The third-order valence-corrected chi connectivity index (χ3v) is 3.14. The van der Waals surface area contributed by atoms with Crippen LogP contribution in [-0.2, 0) is 0 Å². The van der Waals surface area contributed by atoms with Crippen molar-refractivity contribution in [3.63, 3.8) is 0 Å². The van der Waals surface area contributed by atoms with Gasteiger partial charge in [0.1, 0.15) is 5.01 Å². The van der Waals surface area contributed by atoms with Gasteiger partial charge in [-0.05, 0) is 0 Å². The van der Waals surface area contributed by atoms with Gasteiger partial charge >= 0.3 is 0 Å². The van der Waals surface area contributed by atoms with Crippen LogP contribution < -0.4 is 11.5 Å². The molecule has 78 valence electrons. The van der Waals surface area contributed by atoms with Crippen molar-refractivity contribution in [3.8, 4) is 11.3 Å². The number of nitrogens with zero attached hydrogens (tertiary/aromatic N) is 1. The van der Waals surface area contributed by atoms with Crippen LogP contribution in [-0.4, -0.2) is 11.5 Å². The fourth-order valence-corrected chi connectivity index (χ4v) is 2.14. The molecule has 0 radical (unpaired) electrons. The zero-order valence-corrected chi connectivity index (χ0v) is 9.08. The van der Waals surface area contributed by atoms with Crippen LogP contribution >= 0.6 is 11.3 Å². The Morgan fingerprint density at radius 3 is 2.67 bits per heavy atom. The Bertz CT molecular complexity index is 424. The molecule has 4 N–H and O–H groups in total. The highest BCUT2D eigenvalue weighted by molar-refractivity contribution is 7.10. The second-order valence-corrected chi connectivity index (χ2v) is 4.17. The van der Waals surface area contributed by atoms with E-state index in [4.69, 9.17) is 11.5 Å². The molecule has 1 atom stereocenters. The molecule has 3 nitrogen and oxygen atoms in total. The van der Waals surface area contributed by atoms with Crippen molar-refractivity contribution in [3.05, 3.63) is 40.7 Å². The summed E-state index contributed by atoms with van der Waals surface area (Å²) in [5, 5.41) is 2.91. The fraction of sp³-hybridized carbons (Fsp3) is 0.182. The van der Waals surface area contributed by atoms with Gasteiger partial charge in [-0.1, -0.05) is 30.3 Å². The van der Waals surface area contributed by atoms with Crippen LogP contribution in [0.5, 0.6) is 0 Å². The van der Waals surface area contributed by atoms with Gasteiger partial charge in [-0.2, -0.15) is 0 Å². The lowest BCUT2D eigenvalue weighted by molar-refractivity contribution is 0.731. The minimum atomic E-state index is -0.146. The van der Waals surface area contributed by atoms with Crippen LogP contribution in [0.15, 0.2) is 35.7 Å². The Labute approximate surface area is 92.8 Å². The summed E-state index contributed by atoms with van der Waals surface area (Å²) in [7, 11) is 0. The highest BCUT2D eigenvalue weighted by Crippen LogP contribution is 2.23. The first-order valence-electron chi connectivity index (χ1n) is 4.77. The molecule has 4 heteroatoms. The summed E-state index contributed by atoms with van der Waals surface area (Å²) >= 11 is 1.56. The molecule has 0 saturated carbocycles. The Morgan fingerprint density at radius 1 is 1.27 bits per heavy atom. The second-order valence-electron chi connectivity index (χ2n) is 3.28. The third-order valence-electron chi connectivity index (χ3n) is 2.16. The van der Waals surface area contributed by atoms with E-state index < -0.39 is 0 Å². The Kier molecular flexibility index (Phi) is 3.11. The van der Waals surface area contributed by atoms with Crippen LogP contribution in [0, 0.1) is 0 Å². The maximum absolute atomic E-state index is 5.81. The summed E-state index contributed by atoms with van der Waals surface area (Å²) in [6, 6.07) is 9.91. The van der Waals surface area contributed by atoms with Gasteiger partial charge in [0.25, 0.3) is 0 Å². The summed E-state index contributed by atoms with van der Waals surface area (Å²) in [5.74, 6) is 0. The fourth-order valence-electron chi connectivity index (χ4n) is 1.30. The number of hydrogen-bond acceptors (Lipinski definition) is 4. The molecular formula is C11H13N3S. The van der Waals surface area contributed by atoms with Crippen molar-refractivity contribution >= 4 is 11.3 Å². The number of aromatic nitrogens is 1. The monoisotopic (exact) mass is 219 g/mol. The van der Waals surface area contributed by atoms with Gasteiger partial charge in [-0.15, -0.1) is 11.3 Å². The summed E-state index contributed by atoms with van der Waals surface area (Å²) in [6.45, 7) is 0.432. The molecule has 0 aliphatic heterocycles. The first-order chi connectivity index (χ1) is 7.31. The number of hydrogen-bond donors (Lipinski definition) is 2.